The number of aromatic hydroxyl groups is 1. The maximum absolute atomic E-state index is 10.8. The van der Waals surface area contributed by atoms with Crippen LogP contribution in [0.1, 0.15) is 33.3 Å². The van der Waals surface area contributed by atoms with Gasteiger partial charge in [0.05, 0.1) is 6.61 Å². The lowest BCUT2D eigenvalue weighted by molar-refractivity contribution is -0.116. The van der Waals surface area contributed by atoms with E-state index in [1.807, 2.05) is 6.92 Å². The Labute approximate surface area is 97.1 Å². The number of aryl methyl sites for hydroxylation is 1. The van der Waals surface area contributed by atoms with Crippen molar-refractivity contribution >= 4 is 5.78 Å². The molecular formula is C13H20O3. The molecule has 0 aliphatic heterocycles. The zero-order valence-corrected chi connectivity index (χ0v) is 9.12. The highest BCUT2D eigenvalue weighted by atomic mass is 16.5. The second kappa shape index (κ2) is 6.88. The summed E-state index contributed by atoms with van der Waals surface area (Å²) in [5.74, 6) is 0.794. The quantitative estimate of drug-likeness (QED) is 0.836. The van der Waals surface area contributed by atoms with E-state index in [4.69, 9.17) is 4.74 Å². The van der Waals surface area contributed by atoms with Gasteiger partial charge in [0.25, 0.3) is 0 Å². The lowest BCUT2D eigenvalue weighted by Gasteiger charge is -2.07. The molecule has 0 saturated heterocycles. The van der Waals surface area contributed by atoms with E-state index in [0.717, 1.165) is 5.56 Å². The van der Waals surface area contributed by atoms with E-state index in [1.165, 1.54) is 0 Å². The van der Waals surface area contributed by atoms with E-state index in [9.17, 15) is 9.90 Å². The topological polar surface area (TPSA) is 46.5 Å². The summed E-state index contributed by atoms with van der Waals surface area (Å²) in [5, 5.41) is 9.45. The third kappa shape index (κ3) is 4.34. The highest BCUT2D eigenvalue weighted by Crippen LogP contribution is 2.27. The Balaban J connectivity index is 0.00000225. The Bertz CT molecular complexity index is 345. The number of rotatable bonds is 5. The molecule has 0 heterocycles. The second-order valence-electron chi connectivity index (χ2n) is 3.44. The number of phenolic OH excluding ortho intramolecular Hbond substituents is 1. The number of hydrogen-bond donors (Lipinski definition) is 1. The molecule has 0 spiro atoms. The maximum atomic E-state index is 10.8. The third-order valence-electron chi connectivity index (χ3n) is 2.09. The minimum atomic E-state index is 0. The number of benzene rings is 1. The summed E-state index contributed by atoms with van der Waals surface area (Å²) in [6, 6.07) is 5.18. The Morgan fingerprint density at radius 2 is 2.12 bits per heavy atom. The summed E-state index contributed by atoms with van der Waals surface area (Å²) in [4.78, 5) is 10.8. The van der Waals surface area contributed by atoms with Gasteiger partial charge in [-0.25, -0.2) is 0 Å². The van der Waals surface area contributed by atoms with Gasteiger partial charge in [-0.05, 0) is 38.0 Å². The van der Waals surface area contributed by atoms with Crippen LogP contribution in [0.4, 0.5) is 0 Å². The molecule has 0 fully saturated rings. The Morgan fingerprint density at radius 3 is 2.69 bits per heavy atom. The number of ketones is 1. The fourth-order valence-electron chi connectivity index (χ4n) is 1.31. The largest absolute Gasteiger partial charge is 0.504 e. The van der Waals surface area contributed by atoms with Gasteiger partial charge in [0.2, 0.25) is 0 Å². The molecule has 0 unspecified atom stereocenters. The molecule has 0 radical (unpaired) electrons. The predicted octanol–water partition coefficient (Wildman–Crippen LogP) is 2.95. The Kier molecular flexibility index (Phi) is 6.23. The smallest absolute Gasteiger partial charge is 0.161 e. The van der Waals surface area contributed by atoms with Crippen molar-refractivity contribution in [1.29, 1.82) is 0 Å². The summed E-state index contributed by atoms with van der Waals surface area (Å²) in [6.45, 7) is 3.95. The van der Waals surface area contributed by atoms with Crippen LogP contribution in [0.15, 0.2) is 18.2 Å². The highest BCUT2D eigenvalue weighted by Gasteiger charge is 2.04. The van der Waals surface area contributed by atoms with Crippen LogP contribution in [0.3, 0.4) is 0 Å². The normalized spacial score (nSPS) is 9.38. The monoisotopic (exact) mass is 224 g/mol. The van der Waals surface area contributed by atoms with Gasteiger partial charge in [0.1, 0.15) is 5.78 Å². The molecule has 1 aromatic carbocycles. The first kappa shape index (κ1) is 14.5. The number of hydrogen-bond acceptors (Lipinski definition) is 3. The van der Waals surface area contributed by atoms with Crippen molar-refractivity contribution in [2.75, 3.05) is 6.61 Å². The number of carbonyl (C=O) groups is 1. The minimum Gasteiger partial charge on any atom is -0.504 e. The molecule has 0 aliphatic rings. The van der Waals surface area contributed by atoms with Gasteiger partial charge in [0, 0.05) is 6.42 Å². The van der Waals surface area contributed by atoms with Crippen LogP contribution in [0.25, 0.3) is 0 Å². The van der Waals surface area contributed by atoms with Crippen LogP contribution in [0.2, 0.25) is 0 Å². The van der Waals surface area contributed by atoms with Gasteiger partial charge in [-0.15, -0.1) is 0 Å². The summed E-state index contributed by atoms with van der Waals surface area (Å²) in [6.07, 6.45) is 1.21. The van der Waals surface area contributed by atoms with Crippen LogP contribution in [-0.4, -0.2) is 17.5 Å². The first-order valence-corrected chi connectivity index (χ1v) is 5.07. The zero-order chi connectivity index (χ0) is 11.3. The van der Waals surface area contributed by atoms with E-state index < -0.39 is 0 Å². The molecule has 0 saturated carbocycles. The maximum Gasteiger partial charge on any atom is 0.161 e. The second-order valence-corrected chi connectivity index (χ2v) is 3.44. The van der Waals surface area contributed by atoms with Crippen LogP contribution in [0, 0.1) is 0 Å². The van der Waals surface area contributed by atoms with Gasteiger partial charge in [-0.2, -0.15) is 0 Å². The van der Waals surface area contributed by atoms with Crippen LogP contribution < -0.4 is 4.74 Å². The fourth-order valence-corrected chi connectivity index (χ4v) is 1.31. The van der Waals surface area contributed by atoms with E-state index in [2.05, 4.69) is 0 Å². The van der Waals surface area contributed by atoms with Crippen molar-refractivity contribution in [3.8, 4) is 11.5 Å². The lowest BCUT2D eigenvalue weighted by Crippen LogP contribution is -1.96. The average Bonchev–Trinajstić information content (AvgIpc) is 2.19. The van der Waals surface area contributed by atoms with Gasteiger partial charge >= 0.3 is 0 Å². The molecule has 16 heavy (non-hydrogen) atoms. The molecule has 1 rings (SSSR count). The Morgan fingerprint density at radius 1 is 1.44 bits per heavy atom. The van der Waals surface area contributed by atoms with Gasteiger partial charge in [0.15, 0.2) is 11.5 Å². The van der Waals surface area contributed by atoms with Crippen molar-refractivity contribution in [2.24, 2.45) is 0 Å². The predicted molar refractivity (Wildman–Crippen MR) is 65.0 cm³/mol. The molecule has 3 nitrogen and oxygen atoms in total. The highest BCUT2D eigenvalue weighted by molar-refractivity contribution is 5.75. The SMILES string of the molecule is C.CCOc1cc(CCC(C)=O)ccc1O. The van der Waals surface area contributed by atoms with Crippen molar-refractivity contribution in [1.82, 2.24) is 0 Å². The molecule has 1 N–H and O–H groups in total. The summed E-state index contributed by atoms with van der Waals surface area (Å²) < 4.78 is 5.25. The molecule has 0 aliphatic carbocycles. The van der Waals surface area contributed by atoms with Crippen molar-refractivity contribution in [3.63, 3.8) is 0 Å². The first-order valence-electron chi connectivity index (χ1n) is 5.07. The minimum absolute atomic E-state index is 0. The number of phenols is 1. The summed E-state index contributed by atoms with van der Waals surface area (Å²) in [5.41, 5.74) is 1.01. The zero-order valence-electron chi connectivity index (χ0n) is 9.12. The van der Waals surface area contributed by atoms with E-state index in [0.29, 0.717) is 25.2 Å². The molecule has 0 amide bonds. The molecule has 0 atom stereocenters. The standard InChI is InChI=1S/C12H16O3.CH4/c1-3-15-12-8-10(5-4-9(2)13)6-7-11(12)14;/h6-8,14H,3-5H2,1-2H3;1H4. The number of Topliss-reactive ketones (excluding diaryl/α,β-unsaturated/α-hetero) is 1. The molecule has 3 heteroatoms. The van der Waals surface area contributed by atoms with Gasteiger partial charge < -0.3 is 14.6 Å². The molecule has 0 bridgehead atoms. The van der Waals surface area contributed by atoms with E-state index >= 15 is 0 Å². The van der Waals surface area contributed by atoms with E-state index in [1.54, 1.807) is 25.1 Å². The van der Waals surface area contributed by atoms with Crippen LogP contribution in [0.5, 0.6) is 11.5 Å². The number of carbonyl (C=O) groups excluding carboxylic acids is 1. The molecule has 1 aromatic rings. The fraction of sp³-hybridized carbons (Fsp3) is 0.462. The van der Waals surface area contributed by atoms with Crippen molar-refractivity contribution in [2.45, 2.75) is 34.1 Å². The summed E-state index contributed by atoms with van der Waals surface area (Å²) >= 11 is 0. The molecule has 90 valence electrons. The Hall–Kier alpha value is -1.51. The molecule has 0 aromatic heterocycles. The van der Waals surface area contributed by atoms with E-state index in [-0.39, 0.29) is 19.0 Å². The van der Waals surface area contributed by atoms with Gasteiger partial charge in [-0.1, -0.05) is 13.5 Å². The molecular weight excluding hydrogens is 204 g/mol. The number of ether oxygens (including phenoxy) is 1. The summed E-state index contributed by atoms with van der Waals surface area (Å²) in [7, 11) is 0. The van der Waals surface area contributed by atoms with Crippen molar-refractivity contribution < 1.29 is 14.6 Å². The average molecular weight is 224 g/mol. The lowest BCUT2D eigenvalue weighted by atomic mass is 10.1. The van der Waals surface area contributed by atoms with Crippen molar-refractivity contribution in [3.05, 3.63) is 23.8 Å². The first-order chi connectivity index (χ1) is 7.13. The van der Waals surface area contributed by atoms with Gasteiger partial charge in [-0.3, -0.25) is 0 Å². The van der Waals surface area contributed by atoms with Crippen LogP contribution in [-0.2, 0) is 11.2 Å². The third-order valence-corrected chi connectivity index (χ3v) is 2.09. The van der Waals surface area contributed by atoms with Crippen LogP contribution >= 0.6 is 0 Å².